The average Bonchev–Trinajstić information content (AvgIpc) is 3.07. The van der Waals surface area contributed by atoms with Gasteiger partial charge in [-0.2, -0.15) is 5.10 Å². The monoisotopic (exact) mass is 327 g/mol. The van der Waals surface area contributed by atoms with Gasteiger partial charge in [0.05, 0.1) is 12.1 Å². The Morgan fingerprint density at radius 3 is 2.92 bits per heavy atom. The zero-order valence-electron chi connectivity index (χ0n) is 14.6. The maximum absolute atomic E-state index is 12.9. The lowest BCUT2D eigenvalue weighted by Crippen LogP contribution is -2.40. The van der Waals surface area contributed by atoms with E-state index in [0.29, 0.717) is 25.7 Å². The van der Waals surface area contributed by atoms with E-state index in [4.69, 9.17) is 4.74 Å². The van der Waals surface area contributed by atoms with Crippen LogP contribution in [0.25, 0.3) is 0 Å². The molecule has 3 rings (SSSR count). The van der Waals surface area contributed by atoms with Crippen LogP contribution in [0.15, 0.2) is 36.7 Å². The zero-order valence-corrected chi connectivity index (χ0v) is 14.6. The number of aromatic nitrogens is 2. The van der Waals surface area contributed by atoms with Crippen molar-refractivity contribution in [3.63, 3.8) is 0 Å². The number of rotatable bonds is 5. The number of para-hydroxylation sites is 1. The summed E-state index contributed by atoms with van der Waals surface area (Å²) in [7, 11) is 0. The summed E-state index contributed by atoms with van der Waals surface area (Å²) < 4.78 is 7.70. The standard InChI is InChI=1S/C19H25N3O2/c1-4-21(11-15-10-20-22(12-15)14(2)3)19(23)17-9-16-7-5-6-8-18(16)24-13-17/h5-8,10,12,14,17H,4,9,11,13H2,1-3H3/t17-/m0/s1. The molecule has 1 aliphatic heterocycles. The Morgan fingerprint density at radius 2 is 2.21 bits per heavy atom. The Kier molecular flexibility index (Phi) is 4.88. The minimum Gasteiger partial charge on any atom is -0.492 e. The highest BCUT2D eigenvalue weighted by Crippen LogP contribution is 2.28. The van der Waals surface area contributed by atoms with Crippen LogP contribution in [0.2, 0.25) is 0 Å². The molecule has 128 valence electrons. The van der Waals surface area contributed by atoms with E-state index in [-0.39, 0.29) is 11.8 Å². The van der Waals surface area contributed by atoms with Crippen molar-refractivity contribution in [3.05, 3.63) is 47.8 Å². The first-order valence-electron chi connectivity index (χ1n) is 8.61. The number of ether oxygens (including phenoxy) is 1. The van der Waals surface area contributed by atoms with Crippen LogP contribution >= 0.6 is 0 Å². The molecular formula is C19H25N3O2. The van der Waals surface area contributed by atoms with Crippen molar-refractivity contribution < 1.29 is 9.53 Å². The van der Waals surface area contributed by atoms with Gasteiger partial charge in [0.1, 0.15) is 12.4 Å². The van der Waals surface area contributed by atoms with Gasteiger partial charge >= 0.3 is 0 Å². The number of fused-ring (bicyclic) bond motifs is 1. The van der Waals surface area contributed by atoms with Crippen molar-refractivity contribution in [2.45, 2.75) is 39.8 Å². The van der Waals surface area contributed by atoms with Gasteiger partial charge < -0.3 is 9.64 Å². The Balaban J connectivity index is 1.68. The molecule has 0 aliphatic carbocycles. The second-order valence-corrected chi connectivity index (χ2v) is 6.59. The number of carbonyl (C=O) groups excluding carboxylic acids is 1. The predicted octanol–water partition coefficient (Wildman–Crippen LogP) is 3.06. The molecule has 0 unspecified atom stereocenters. The van der Waals surface area contributed by atoms with Gasteiger partial charge in [-0.25, -0.2) is 0 Å². The van der Waals surface area contributed by atoms with Crippen LogP contribution in [0.3, 0.4) is 0 Å². The molecule has 0 radical (unpaired) electrons. The fourth-order valence-corrected chi connectivity index (χ4v) is 3.05. The quantitative estimate of drug-likeness (QED) is 0.848. The van der Waals surface area contributed by atoms with Crippen LogP contribution < -0.4 is 4.74 Å². The highest BCUT2D eigenvalue weighted by atomic mass is 16.5. The molecule has 5 heteroatoms. The molecule has 0 bridgehead atoms. The van der Waals surface area contributed by atoms with Crippen LogP contribution in [-0.4, -0.2) is 33.7 Å². The number of nitrogens with zero attached hydrogens (tertiary/aromatic N) is 3. The van der Waals surface area contributed by atoms with E-state index in [2.05, 4.69) is 18.9 Å². The van der Waals surface area contributed by atoms with Crippen molar-refractivity contribution >= 4 is 5.91 Å². The summed E-state index contributed by atoms with van der Waals surface area (Å²) >= 11 is 0. The molecule has 0 saturated carbocycles. The third-order valence-electron chi connectivity index (χ3n) is 4.48. The number of benzene rings is 1. The molecule has 0 saturated heterocycles. The van der Waals surface area contributed by atoms with Gasteiger partial charge in [0, 0.05) is 30.9 Å². The Bertz CT molecular complexity index is 708. The van der Waals surface area contributed by atoms with E-state index in [1.165, 1.54) is 0 Å². The highest BCUT2D eigenvalue weighted by Gasteiger charge is 2.29. The molecule has 24 heavy (non-hydrogen) atoms. The van der Waals surface area contributed by atoms with Crippen LogP contribution in [0.4, 0.5) is 0 Å². The molecule has 1 atom stereocenters. The van der Waals surface area contributed by atoms with Crippen LogP contribution in [0.5, 0.6) is 5.75 Å². The van der Waals surface area contributed by atoms with Gasteiger partial charge in [-0.05, 0) is 38.8 Å². The van der Waals surface area contributed by atoms with Gasteiger partial charge in [-0.15, -0.1) is 0 Å². The number of amides is 1. The van der Waals surface area contributed by atoms with E-state index in [0.717, 1.165) is 23.3 Å². The van der Waals surface area contributed by atoms with E-state index < -0.39 is 0 Å². The molecule has 1 aromatic heterocycles. The first-order valence-corrected chi connectivity index (χ1v) is 8.61. The van der Waals surface area contributed by atoms with E-state index in [1.807, 2.05) is 53.2 Å². The SMILES string of the molecule is CCN(Cc1cnn(C(C)C)c1)C(=O)[C@@H]1COc2ccccc2C1. The second-order valence-electron chi connectivity index (χ2n) is 6.59. The van der Waals surface area contributed by atoms with Crippen LogP contribution in [-0.2, 0) is 17.8 Å². The molecule has 0 N–H and O–H groups in total. The highest BCUT2D eigenvalue weighted by molar-refractivity contribution is 5.79. The summed E-state index contributed by atoms with van der Waals surface area (Å²) in [5, 5.41) is 4.36. The molecule has 2 heterocycles. The summed E-state index contributed by atoms with van der Waals surface area (Å²) in [6.07, 6.45) is 4.62. The molecular weight excluding hydrogens is 302 g/mol. The van der Waals surface area contributed by atoms with Crippen LogP contribution in [0.1, 0.15) is 37.9 Å². The third kappa shape index (κ3) is 3.45. The minimum atomic E-state index is -0.111. The Morgan fingerprint density at radius 1 is 1.42 bits per heavy atom. The lowest BCUT2D eigenvalue weighted by molar-refractivity contribution is -0.137. The summed E-state index contributed by atoms with van der Waals surface area (Å²) in [5.41, 5.74) is 2.18. The largest absolute Gasteiger partial charge is 0.492 e. The van der Waals surface area contributed by atoms with Crippen molar-refractivity contribution in [2.75, 3.05) is 13.2 Å². The summed E-state index contributed by atoms with van der Waals surface area (Å²) in [6.45, 7) is 7.94. The summed E-state index contributed by atoms with van der Waals surface area (Å²) in [4.78, 5) is 14.8. The van der Waals surface area contributed by atoms with E-state index in [1.54, 1.807) is 0 Å². The lowest BCUT2D eigenvalue weighted by Gasteiger charge is -2.29. The number of hydrogen-bond acceptors (Lipinski definition) is 3. The van der Waals surface area contributed by atoms with Crippen molar-refractivity contribution in [1.82, 2.24) is 14.7 Å². The average molecular weight is 327 g/mol. The maximum Gasteiger partial charge on any atom is 0.229 e. The minimum absolute atomic E-state index is 0.111. The van der Waals surface area contributed by atoms with Crippen LogP contribution in [0, 0.1) is 5.92 Å². The summed E-state index contributed by atoms with van der Waals surface area (Å²) in [6, 6.07) is 8.29. The van der Waals surface area contributed by atoms with Crippen molar-refractivity contribution in [1.29, 1.82) is 0 Å². The lowest BCUT2D eigenvalue weighted by atomic mass is 9.95. The number of carbonyl (C=O) groups is 1. The molecule has 1 amide bonds. The van der Waals surface area contributed by atoms with Gasteiger partial charge in [-0.3, -0.25) is 9.48 Å². The fraction of sp³-hybridized carbons (Fsp3) is 0.474. The van der Waals surface area contributed by atoms with Crippen molar-refractivity contribution in [2.24, 2.45) is 5.92 Å². The molecule has 2 aromatic rings. The van der Waals surface area contributed by atoms with E-state index in [9.17, 15) is 4.79 Å². The molecule has 1 aromatic carbocycles. The molecule has 0 spiro atoms. The molecule has 1 aliphatic rings. The molecule has 0 fully saturated rings. The number of hydrogen-bond donors (Lipinski definition) is 0. The predicted molar refractivity (Wildman–Crippen MR) is 92.8 cm³/mol. The third-order valence-corrected chi connectivity index (χ3v) is 4.48. The fourth-order valence-electron chi connectivity index (χ4n) is 3.05. The smallest absolute Gasteiger partial charge is 0.229 e. The Labute approximate surface area is 143 Å². The molecule has 5 nitrogen and oxygen atoms in total. The normalized spacial score (nSPS) is 16.6. The zero-order chi connectivity index (χ0) is 17.1. The maximum atomic E-state index is 12.9. The topological polar surface area (TPSA) is 47.4 Å². The Hall–Kier alpha value is -2.30. The summed E-state index contributed by atoms with van der Waals surface area (Å²) in [5.74, 6) is 0.951. The van der Waals surface area contributed by atoms with Gasteiger partial charge in [-0.1, -0.05) is 18.2 Å². The second kappa shape index (κ2) is 7.07. The van der Waals surface area contributed by atoms with Crippen molar-refractivity contribution in [3.8, 4) is 5.75 Å². The first kappa shape index (κ1) is 16.6. The van der Waals surface area contributed by atoms with E-state index >= 15 is 0 Å². The van der Waals surface area contributed by atoms with Gasteiger partial charge in [0.2, 0.25) is 5.91 Å². The van der Waals surface area contributed by atoms with Gasteiger partial charge in [0.25, 0.3) is 0 Å². The van der Waals surface area contributed by atoms with Gasteiger partial charge in [0.15, 0.2) is 0 Å². The first-order chi connectivity index (χ1) is 11.6.